The molecule has 0 N–H and O–H groups in total. The van der Waals surface area contributed by atoms with Crippen LogP contribution in [0.2, 0.25) is 0 Å². The molecule has 0 amide bonds. The van der Waals surface area contributed by atoms with E-state index in [2.05, 4.69) is 45.1 Å². The number of Topliss-reactive ketones (excluding diaryl/α,β-unsaturated/α-hetero) is 1. The predicted molar refractivity (Wildman–Crippen MR) is 102 cm³/mol. The molecule has 0 aliphatic carbocycles. The Labute approximate surface area is 153 Å². The molecule has 3 nitrogen and oxygen atoms in total. The average Bonchev–Trinajstić information content (AvgIpc) is 2.92. The molecule has 0 spiro atoms. The zero-order valence-electron chi connectivity index (χ0n) is 13.3. The first-order valence-electron chi connectivity index (χ1n) is 7.68. The van der Waals surface area contributed by atoms with Crippen LogP contribution >= 0.6 is 27.7 Å². The van der Waals surface area contributed by atoms with E-state index in [1.165, 1.54) is 4.90 Å². The summed E-state index contributed by atoms with van der Waals surface area (Å²) in [5.74, 6) is 0.0672. The Kier molecular flexibility index (Phi) is 3.85. The van der Waals surface area contributed by atoms with Crippen molar-refractivity contribution in [2.24, 2.45) is 4.99 Å². The van der Waals surface area contributed by atoms with E-state index >= 15 is 0 Å². The van der Waals surface area contributed by atoms with E-state index in [1.807, 2.05) is 31.2 Å². The quantitative estimate of drug-likeness (QED) is 0.684. The van der Waals surface area contributed by atoms with E-state index in [4.69, 9.17) is 4.99 Å². The largest absolute Gasteiger partial charge is 0.308 e. The van der Waals surface area contributed by atoms with Gasteiger partial charge in [0.25, 0.3) is 0 Å². The Morgan fingerprint density at radius 1 is 1.17 bits per heavy atom. The molecule has 0 saturated heterocycles. The molecule has 0 bridgehead atoms. The van der Waals surface area contributed by atoms with Crippen LogP contribution in [0.4, 0.5) is 5.69 Å². The summed E-state index contributed by atoms with van der Waals surface area (Å²) < 4.78 is 1.03. The van der Waals surface area contributed by atoms with Crippen molar-refractivity contribution < 1.29 is 4.79 Å². The number of carbonyl (C=O) groups excluding carboxylic acids is 1. The molecule has 1 atom stereocenters. The van der Waals surface area contributed by atoms with Gasteiger partial charge in [0, 0.05) is 20.6 Å². The van der Waals surface area contributed by atoms with Crippen molar-refractivity contribution in [3.63, 3.8) is 0 Å². The van der Waals surface area contributed by atoms with E-state index in [-0.39, 0.29) is 11.8 Å². The minimum atomic E-state index is -0.140. The van der Waals surface area contributed by atoms with Gasteiger partial charge < -0.3 is 4.90 Å². The first kappa shape index (κ1) is 15.7. The second-order valence-electron chi connectivity index (χ2n) is 5.84. The van der Waals surface area contributed by atoms with Crippen LogP contribution in [0.5, 0.6) is 0 Å². The van der Waals surface area contributed by atoms with Crippen LogP contribution in [0.15, 0.2) is 74.2 Å². The van der Waals surface area contributed by atoms with Crippen LogP contribution < -0.4 is 4.90 Å². The molecule has 4 rings (SSSR count). The summed E-state index contributed by atoms with van der Waals surface area (Å²) in [7, 11) is 0. The van der Waals surface area contributed by atoms with E-state index in [0.29, 0.717) is 0 Å². The number of anilines is 1. The smallest absolute Gasteiger partial charge is 0.174 e. The molecule has 2 aliphatic rings. The van der Waals surface area contributed by atoms with Crippen LogP contribution in [0.25, 0.3) is 0 Å². The number of amidine groups is 1. The SMILES string of the molecule is CC(=O)C1=C(C)N=C2Sc3ccccc3N2C1c1ccc(Br)cc1. The van der Waals surface area contributed by atoms with Crippen molar-refractivity contribution in [2.75, 3.05) is 4.90 Å². The number of para-hydroxylation sites is 1. The Morgan fingerprint density at radius 2 is 1.88 bits per heavy atom. The lowest BCUT2D eigenvalue weighted by molar-refractivity contribution is -0.113. The maximum absolute atomic E-state index is 12.4. The van der Waals surface area contributed by atoms with Gasteiger partial charge in [0.05, 0.1) is 11.7 Å². The molecule has 120 valence electrons. The van der Waals surface area contributed by atoms with Gasteiger partial charge in [-0.3, -0.25) is 4.79 Å². The number of fused-ring (bicyclic) bond motifs is 3. The van der Waals surface area contributed by atoms with Gasteiger partial charge in [-0.15, -0.1) is 0 Å². The number of nitrogens with zero attached hydrogens (tertiary/aromatic N) is 2. The zero-order chi connectivity index (χ0) is 16.8. The Balaban J connectivity index is 1.93. The van der Waals surface area contributed by atoms with Crippen molar-refractivity contribution >= 4 is 44.3 Å². The lowest BCUT2D eigenvalue weighted by atomic mass is 9.92. The Morgan fingerprint density at radius 3 is 2.58 bits per heavy atom. The first-order valence-corrected chi connectivity index (χ1v) is 9.29. The first-order chi connectivity index (χ1) is 11.6. The molecule has 2 aromatic carbocycles. The third kappa shape index (κ3) is 2.43. The van der Waals surface area contributed by atoms with Crippen LogP contribution in [-0.4, -0.2) is 11.0 Å². The Hall–Kier alpha value is -1.85. The van der Waals surface area contributed by atoms with Gasteiger partial charge in [0.2, 0.25) is 0 Å². The summed E-state index contributed by atoms with van der Waals surface area (Å²) in [6.07, 6.45) is 0. The standard InChI is InChI=1S/C19H15BrN2OS/c1-11-17(12(2)23)18(13-7-9-14(20)10-8-13)22-15-5-3-4-6-16(15)24-19(22)21-11/h3-10,18H,1-2H3. The van der Waals surface area contributed by atoms with Gasteiger partial charge in [-0.1, -0.05) is 40.2 Å². The van der Waals surface area contributed by atoms with Gasteiger partial charge in [0.1, 0.15) is 0 Å². The number of hydrogen-bond donors (Lipinski definition) is 0. The number of carbonyl (C=O) groups is 1. The fourth-order valence-corrected chi connectivity index (χ4v) is 4.62. The van der Waals surface area contributed by atoms with Crippen LogP contribution in [0.3, 0.4) is 0 Å². The fourth-order valence-electron chi connectivity index (χ4n) is 3.26. The number of benzene rings is 2. The van der Waals surface area contributed by atoms with Crippen LogP contribution in [0.1, 0.15) is 25.5 Å². The second kappa shape index (κ2) is 5.90. The summed E-state index contributed by atoms with van der Waals surface area (Å²) in [6.45, 7) is 3.55. The molecular weight excluding hydrogens is 384 g/mol. The van der Waals surface area contributed by atoms with Crippen LogP contribution in [-0.2, 0) is 4.79 Å². The molecule has 0 radical (unpaired) electrons. The zero-order valence-corrected chi connectivity index (χ0v) is 15.7. The number of ketones is 1. The third-order valence-electron chi connectivity index (χ3n) is 4.28. The highest BCUT2D eigenvalue weighted by Gasteiger charge is 2.40. The average molecular weight is 399 g/mol. The third-order valence-corrected chi connectivity index (χ3v) is 5.85. The van der Waals surface area contributed by atoms with Crippen molar-refractivity contribution in [1.82, 2.24) is 0 Å². The number of thioether (sulfide) groups is 1. The number of hydrogen-bond acceptors (Lipinski definition) is 4. The van der Waals surface area contributed by atoms with Crippen molar-refractivity contribution in [3.05, 3.63) is 69.8 Å². The van der Waals surface area contributed by atoms with Crippen molar-refractivity contribution in [3.8, 4) is 0 Å². The number of rotatable bonds is 2. The highest BCUT2D eigenvalue weighted by Crippen LogP contribution is 2.49. The van der Waals surface area contributed by atoms with E-state index < -0.39 is 0 Å². The lowest BCUT2D eigenvalue weighted by Gasteiger charge is -2.35. The normalized spacial score (nSPS) is 19.0. The van der Waals surface area contributed by atoms with E-state index in [1.54, 1.807) is 18.7 Å². The summed E-state index contributed by atoms with van der Waals surface area (Å²) in [4.78, 5) is 20.5. The highest BCUT2D eigenvalue weighted by atomic mass is 79.9. The number of aliphatic imine (C=N–C) groups is 1. The van der Waals surface area contributed by atoms with Crippen molar-refractivity contribution in [2.45, 2.75) is 24.8 Å². The number of allylic oxidation sites excluding steroid dienone is 1. The van der Waals surface area contributed by atoms with E-state index in [0.717, 1.165) is 32.2 Å². The summed E-state index contributed by atoms with van der Waals surface area (Å²) in [6, 6.07) is 16.3. The molecule has 24 heavy (non-hydrogen) atoms. The molecule has 2 aliphatic heterocycles. The second-order valence-corrected chi connectivity index (χ2v) is 7.77. The minimum absolute atomic E-state index is 0.0672. The monoisotopic (exact) mass is 398 g/mol. The lowest BCUT2D eigenvalue weighted by Crippen LogP contribution is -2.36. The molecule has 0 aromatic heterocycles. The Bertz CT molecular complexity index is 902. The topological polar surface area (TPSA) is 32.7 Å². The summed E-state index contributed by atoms with van der Waals surface area (Å²) in [5, 5.41) is 0.937. The molecule has 5 heteroatoms. The molecule has 0 fully saturated rings. The minimum Gasteiger partial charge on any atom is -0.308 e. The summed E-state index contributed by atoms with van der Waals surface area (Å²) >= 11 is 5.15. The molecule has 2 aromatic rings. The molecular formula is C19H15BrN2OS. The predicted octanol–water partition coefficient (Wildman–Crippen LogP) is 5.34. The molecule has 0 saturated carbocycles. The van der Waals surface area contributed by atoms with Crippen molar-refractivity contribution in [1.29, 1.82) is 0 Å². The van der Waals surface area contributed by atoms with Gasteiger partial charge >= 0.3 is 0 Å². The summed E-state index contributed by atoms with van der Waals surface area (Å²) in [5.41, 5.74) is 3.77. The van der Waals surface area contributed by atoms with Crippen LogP contribution in [0, 0.1) is 0 Å². The van der Waals surface area contributed by atoms with Gasteiger partial charge in [-0.05, 0) is 55.4 Å². The maximum Gasteiger partial charge on any atom is 0.174 e. The number of halogens is 1. The van der Waals surface area contributed by atoms with Gasteiger partial charge in [0.15, 0.2) is 11.0 Å². The van der Waals surface area contributed by atoms with E-state index in [9.17, 15) is 4.79 Å². The van der Waals surface area contributed by atoms with Gasteiger partial charge in [-0.25, -0.2) is 4.99 Å². The van der Waals surface area contributed by atoms with Gasteiger partial charge in [-0.2, -0.15) is 0 Å². The molecule has 1 unspecified atom stereocenters. The fraction of sp³-hybridized carbons (Fsp3) is 0.158. The molecule has 2 heterocycles. The maximum atomic E-state index is 12.4. The highest BCUT2D eigenvalue weighted by molar-refractivity contribution is 9.10.